The Labute approximate surface area is 187 Å². The van der Waals surface area contributed by atoms with E-state index in [9.17, 15) is 8.42 Å². The van der Waals surface area contributed by atoms with Crippen molar-refractivity contribution < 1.29 is 8.42 Å². The molecule has 0 amide bonds. The Morgan fingerprint density at radius 3 is 2.13 bits per heavy atom. The van der Waals surface area contributed by atoms with Crippen molar-refractivity contribution in [3.8, 4) is 0 Å². The van der Waals surface area contributed by atoms with E-state index in [1.54, 1.807) is 24.3 Å². The normalized spacial score (nSPS) is 11.2. The highest BCUT2D eigenvalue weighted by molar-refractivity contribution is 9.10. The molecular formula is C25H24BrNO2S. The molecule has 0 radical (unpaired) electrons. The van der Waals surface area contributed by atoms with Crippen LogP contribution in [-0.2, 0) is 10.0 Å². The summed E-state index contributed by atoms with van der Waals surface area (Å²) >= 11 is 3.45. The number of hydrogen-bond acceptors (Lipinski definition) is 2. The third-order valence-corrected chi connectivity index (χ3v) is 7.02. The maximum atomic E-state index is 13.6. The fourth-order valence-electron chi connectivity index (χ4n) is 3.14. The summed E-state index contributed by atoms with van der Waals surface area (Å²) in [5.41, 5.74) is 4.77. The number of rotatable bonds is 7. The second-order valence-corrected chi connectivity index (χ2v) is 10.1. The first-order valence-electron chi connectivity index (χ1n) is 9.48. The van der Waals surface area contributed by atoms with Crippen LogP contribution in [0.1, 0.15) is 23.6 Å². The summed E-state index contributed by atoms with van der Waals surface area (Å²) in [4.78, 5) is 0.249. The molecule has 0 saturated carbocycles. The van der Waals surface area contributed by atoms with Crippen molar-refractivity contribution in [1.82, 2.24) is 0 Å². The summed E-state index contributed by atoms with van der Waals surface area (Å²) in [7, 11) is -3.79. The lowest BCUT2D eigenvalue weighted by Crippen LogP contribution is -2.33. The molecule has 0 spiro atoms. The van der Waals surface area contributed by atoms with Gasteiger partial charge in [0.25, 0.3) is 10.0 Å². The van der Waals surface area contributed by atoms with Crippen molar-refractivity contribution in [3.63, 3.8) is 0 Å². The van der Waals surface area contributed by atoms with E-state index in [2.05, 4.69) is 29.1 Å². The molecule has 0 aliphatic heterocycles. The fourth-order valence-corrected chi connectivity index (χ4v) is 4.94. The first-order valence-corrected chi connectivity index (χ1v) is 11.7. The number of aryl methyl sites for hydroxylation is 1. The summed E-state index contributed by atoms with van der Waals surface area (Å²) in [6.45, 7) is 12.1. The topological polar surface area (TPSA) is 37.4 Å². The Balaban J connectivity index is 2.14. The van der Waals surface area contributed by atoms with Crippen molar-refractivity contribution >= 4 is 37.2 Å². The summed E-state index contributed by atoms with van der Waals surface area (Å²) in [6, 6.07) is 22.1. The molecule has 0 saturated heterocycles. The number of para-hydroxylation sites is 1. The van der Waals surface area contributed by atoms with Gasteiger partial charge in [-0.3, -0.25) is 4.31 Å². The van der Waals surface area contributed by atoms with Gasteiger partial charge in [-0.25, -0.2) is 8.42 Å². The molecule has 3 aromatic carbocycles. The van der Waals surface area contributed by atoms with Crippen molar-refractivity contribution in [2.75, 3.05) is 10.8 Å². The summed E-state index contributed by atoms with van der Waals surface area (Å²) in [5.74, 6) is 0. The van der Waals surface area contributed by atoms with Gasteiger partial charge in [0.15, 0.2) is 0 Å². The van der Waals surface area contributed by atoms with Crippen LogP contribution < -0.4 is 4.31 Å². The molecule has 0 unspecified atom stereocenters. The van der Waals surface area contributed by atoms with E-state index in [1.165, 1.54) is 4.31 Å². The van der Waals surface area contributed by atoms with Crippen LogP contribution in [0.2, 0.25) is 0 Å². The summed E-state index contributed by atoms with van der Waals surface area (Å²) in [5, 5.41) is 0. The minimum atomic E-state index is -3.79. The third kappa shape index (κ3) is 4.74. The molecule has 0 aliphatic rings. The highest BCUT2D eigenvalue weighted by Gasteiger charge is 2.27. The number of benzene rings is 3. The van der Waals surface area contributed by atoms with Crippen LogP contribution in [0.15, 0.2) is 101 Å². The van der Waals surface area contributed by atoms with E-state index >= 15 is 0 Å². The maximum Gasteiger partial charge on any atom is 0.264 e. The second-order valence-electron chi connectivity index (χ2n) is 7.28. The molecule has 30 heavy (non-hydrogen) atoms. The lowest BCUT2D eigenvalue weighted by molar-refractivity contribution is 0.592. The number of halogens is 1. The van der Waals surface area contributed by atoms with E-state index in [-0.39, 0.29) is 11.4 Å². The number of anilines is 1. The van der Waals surface area contributed by atoms with Gasteiger partial charge < -0.3 is 0 Å². The first-order chi connectivity index (χ1) is 14.2. The van der Waals surface area contributed by atoms with Gasteiger partial charge in [0.05, 0.1) is 17.1 Å². The van der Waals surface area contributed by atoms with Crippen molar-refractivity contribution in [3.05, 3.63) is 113 Å². The monoisotopic (exact) mass is 481 g/mol. The molecule has 0 heterocycles. The summed E-state index contributed by atoms with van der Waals surface area (Å²) < 4.78 is 29.6. The zero-order valence-electron chi connectivity index (χ0n) is 17.1. The molecule has 0 aliphatic carbocycles. The van der Waals surface area contributed by atoms with Gasteiger partial charge in [-0.15, -0.1) is 0 Å². The Bertz CT molecular complexity index is 1180. The minimum Gasteiger partial charge on any atom is -0.262 e. The average molecular weight is 482 g/mol. The molecule has 3 aromatic rings. The molecule has 3 rings (SSSR count). The molecule has 0 aromatic heterocycles. The molecular weight excluding hydrogens is 458 g/mol. The highest BCUT2D eigenvalue weighted by Crippen LogP contribution is 2.34. The predicted octanol–water partition coefficient (Wildman–Crippen LogP) is 6.59. The van der Waals surface area contributed by atoms with Crippen molar-refractivity contribution in [1.29, 1.82) is 0 Å². The zero-order chi connectivity index (χ0) is 21.9. The van der Waals surface area contributed by atoms with E-state index in [4.69, 9.17) is 0 Å². The van der Waals surface area contributed by atoms with Crippen LogP contribution >= 0.6 is 15.9 Å². The molecule has 154 valence electrons. The fraction of sp³-hybridized carbons (Fsp3) is 0.120. The lowest BCUT2D eigenvalue weighted by atomic mass is 9.98. The van der Waals surface area contributed by atoms with Crippen LogP contribution in [0.5, 0.6) is 0 Å². The molecule has 5 heteroatoms. The SMILES string of the molecule is C=C(C)CN(c1ccccc1C(=C)c1ccc(Br)cc1)S(=O)(=O)c1ccc(C)cc1. The predicted molar refractivity (Wildman–Crippen MR) is 129 cm³/mol. The van der Waals surface area contributed by atoms with Crippen LogP contribution in [0, 0.1) is 6.92 Å². The van der Waals surface area contributed by atoms with E-state index in [1.807, 2.05) is 62.4 Å². The molecule has 0 atom stereocenters. The van der Waals surface area contributed by atoms with Crippen molar-refractivity contribution in [2.45, 2.75) is 18.7 Å². The Morgan fingerprint density at radius 1 is 0.933 bits per heavy atom. The largest absolute Gasteiger partial charge is 0.264 e. The van der Waals surface area contributed by atoms with Crippen molar-refractivity contribution in [2.24, 2.45) is 0 Å². The Kier molecular flexibility index (Phi) is 6.64. The summed E-state index contributed by atoms with van der Waals surface area (Å²) in [6.07, 6.45) is 0. The Hall–Kier alpha value is -2.63. The van der Waals surface area contributed by atoms with E-state index < -0.39 is 10.0 Å². The molecule has 0 N–H and O–H groups in total. The number of sulfonamides is 1. The van der Waals surface area contributed by atoms with Crippen LogP contribution in [0.25, 0.3) is 5.57 Å². The van der Waals surface area contributed by atoms with Gasteiger partial charge in [0.1, 0.15) is 0 Å². The van der Waals surface area contributed by atoms with Crippen LogP contribution in [0.3, 0.4) is 0 Å². The lowest BCUT2D eigenvalue weighted by Gasteiger charge is -2.27. The number of nitrogens with zero attached hydrogens (tertiary/aromatic N) is 1. The van der Waals surface area contributed by atoms with Crippen LogP contribution in [-0.4, -0.2) is 15.0 Å². The minimum absolute atomic E-state index is 0.181. The van der Waals surface area contributed by atoms with Gasteiger partial charge >= 0.3 is 0 Å². The first kappa shape index (κ1) is 22.1. The van der Waals surface area contributed by atoms with Crippen LogP contribution in [0.4, 0.5) is 5.69 Å². The average Bonchev–Trinajstić information content (AvgIpc) is 2.72. The highest BCUT2D eigenvalue weighted by atomic mass is 79.9. The van der Waals surface area contributed by atoms with E-state index in [0.717, 1.165) is 32.3 Å². The third-order valence-electron chi connectivity index (χ3n) is 4.71. The molecule has 3 nitrogen and oxygen atoms in total. The molecule has 0 fully saturated rings. The maximum absolute atomic E-state index is 13.6. The molecule has 0 bridgehead atoms. The second kappa shape index (κ2) is 9.02. The van der Waals surface area contributed by atoms with Gasteiger partial charge in [-0.2, -0.15) is 0 Å². The zero-order valence-corrected chi connectivity index (χ0v) is 19.5. The smallest absolute Gasteiger partial charge is 0.262 e. The Morgan fingerprint density at radius 2 is 1.53 bits per heavy atom. The van der Waals surface area contributed by atoms with Gasteiger partial charge in [0.2, 0.25) is 0 Å². The quantitative estimate of drug-likeness (QED) is 0.356. The number of hydrogen-bond donors (Lipinski definition) is 0. The van der Waals surface area contributed by atoms with Gasteiger partial charge in [0, 0.05) is 10.0 Å². The van der Waals surface area contributed by atoms with Gasteiger partial charge in [-0.05, 0) is 55.3 Å². The van der Waals surface area contributed by atoms with E-state index in [0.29, 0.717) is 5.69 Å². The van der Waals surface area contributed by atoms with Gasteiger partial charge in [-0.1, -0.05) is 82.7 Å². The standard InChI is InChI=1S/C25H24BrNO2S/c1-18(2)17-27(30(28,29)23-15-9-19(3)10-16-23)25-8-6-5-7-24(25)20(4)21-11-13-22(26)14-12-21/h5-16H,1,4,17H2,2-3H3.